The minimum atomic E-state index is -3.54. The van der Waals surface area contributed by atoms with Crippen molar-refractivity contribution < 1.29 is 13.2 Å². The molecule has 8 heteroatoms. The highest BCUT2D eigenvalue weighted by molar-refractivity contribution is 7.89. The van der Waals surface area contributed by atoms with Crippen LogP contribution in [0.2, 0.25) is 0 Å². The third kappa shape index (κ3) is 4.52. The van der Waals surface area contributed by atoms with Gasteiger partial charge in [-0.25, -0.2) is 13.4 Å². The van der Waals surface area contributed by atoms with Gasteiger partial charge in [0, 0.05) is 25.7 Å². The summed E-state index contributed by atoms with van der Waals surface area (Å²) in [5, 5.41) is 3.63. The number of hydrogen-bond donors (Lipinski definition) is 1. The Labute approximate surface area is 202 Å². The van der Waals surface area contributed by atoms with Crippen molar-refractivity contribution in [3.63, 3.8) is 0 Å². The van der Waals surface area contributed by atoms with Gasteiger partial charge in [-0.05, 0) is 74.4 Å². The van der Waals surface area contributed by atoms with E-state index in [4.69, 9.17) is 9.72 Å². The standard InChI is InChI=1S/C26H34N4O3S/c1-3-30-25-11-10-23(34(31,32)29-12-14-33-15-13-29)17-24(25)28-26(30)18-27-19(2)21-9-8-20-6-4-5-7-22(20)16-21/h8-11,16-17,19,27H,3-7,12-15,18H2,1-2H3/t19-/m0/s1. The molecule has 34 heavy (non-hydrogen) atoms. The van der Waals surface area contributed by atoms with Gasteiger partial charge in [0.05, 0.1) is 35.7 Å². The van der Waals surface area contributed by atoms with E-state index in [1.165, 1.54) is 46.7 Å². The minimum Gasteiger partial charge on any atom is -0.379 e. The molecular weight excluding hydrogens is 448 g/mol. The van der Waals surface area contributed by atoms with Gasteiger partial charge in [0.1, 0.15) is 5.82 Å². The predicted octanol–water partition coefficient (Wildman–Crippen LogP) is 3.81. The summed E-state index contributed by atoms with van der Waals surface area (Å²) in [6.07, 6.45) is 4.95. The van der Waals surface area contributed by atoms with Crippen LogP contribution in [0.4, 0.5) is 0 Å². The van der Waals surface area contributed by atoms with Crippen molar-refractivity contribution in [2.45, 2.75) is 63.6 Å². The molecule has 5 rings (SSSR count). The molecule has 0 spiro atoms. The molecule has 182 valence electrons. The first-order chi connectivity index (χ1) is 16.5. The molecule has 7 nitrogen and oxygen atoms in total. The Morgan fingerprint density at radius 2 is 1.82 bits per heavy atom. The van der Waals surface area contributed by atoms with E-state index in [9.17, 15) is 8.42 Å². The number of nitrogens with zero attached hydrogens (tertiary/aromatic N) is 3. The number of aryl methyl sites for hydroxylation is 3. The number of benzene rings is 2. The molecule has 1 saturated heterocycles. The van der Waals surface area contributed by atoms with Gasteiger partial charge in [0.15, 0.2) is 0 Å². The third-order valence-electron chi connectivity index (χ3n) is 7.16. The Balaban J connectivity index is 1.36. The second kappa shape index (κ2) is 9.77. The van der Waals surface area contributed by atoms with Gasteiger partial charge in [0.2, 0.25) is 10.0 Å². The summed E-state index contributed by atoms with van der Waals surface area (Å²) in [6, 6.07) is 12.4. The quantitative estimate of drug-likeness (QED) is 0.554. The Morgan fingerprint density at radius 3 is 2.59 bits per heavy atom. The zero-order valence-electron chi connectivity index (χ0n) is 20.1. The number of rotatable bonds is 7. The maximum Gasteiger partial charge on any atom is 0.243 e. The molecule has 3 aromatic rings. The van der Waals surface area contributed by atoms with E-state index >= 15 is 0 Å². The predicted molar refractivity (Wildman–Crippen MR) is 133 cm³/mol. The van der Waals surface area contributed by atoms with Crippen LogP contribution in [-0.2, 0) is 40.7 Å². The number of fused-ring (bicyclic) bond motifs is 2. The first kappa shape index (κ1) is 23.5. The van der Waals surface area contributed by atoms with Crippen molar-refractivity contribution >= 4 is 21.1 Å². The zero-order chi connectivity index (χ0) is 23.7. The lowest BCUT2D eigenvalue weighted by Crippen LogP contribution is -2.40. The van der Waals surface area contributed by atoms with E-state index < -0.39 is 10.0 Å². The minimum absolute atomic E-state index is 0.203. The molecule has 1 N–H and O–H groups in total. The summed E-state index contributed by atoms with van der Waals surface area (Å²) in [4.78, 5) is 5.13. The van der Waals surface area contributed by atoms with Crippen LogP contribution in [-0.4, -0.2) is 48.6 Å². The van der Waals surface area contributed by atoms with Crippen LogP contribution in [0.1, 0.15) is 55.2 Å². The van der Waals surface area contributed by atoms with Crippen molar-refractivity contribution in [2.24, 2.45) is 0 Å². The molecule has 2 aliphatic rings. The van der Waals surface area contributed by atoms with Crippen molar-refractivity contribution in [3.8, 4) is 0 Å². The Morgan fingerprint density at radius 1 is 1.06 bits per heavy atom. The second-order valence-corrected chi connectivity index (χ2v) is 11.2. The number of aromatic nitrogens is 2. The average Bonchev–Trinajstić information content (AvgIpc) is 3.24. The smallest absolute Gasteiger partial charge is 0.243 e. The topological polar surface area (TPSA) is 76.5 Å². The molecule has 0 unspecified atom stereocenters. The van der Waals surface area contributed by atoms with Gasteiger partial charge in [-0.1, -0.05) is 18.2 Å². The van der Waals surface area contributed by atoms with Crippen molar-refractivity contribution in [3.05, 3.63) is 58.9 Å². The molecule has 1 aliphatic carbocycles. The van der Waals surface area contributed by atoms with Crippen LogP contribution < -0.4 is 5.32 Å². The number of nitrogens with one attached hydrogen (secondary N) is 1. The van der Waals surface area contributed by atoms with Crippen molar-refractivity contribution in [1.82, 2.24) is 19.2 Å². The van der Waals surface area contributed by atoms with E-state index in [2.05, 4.69) is 41.9 Å². The van der Waals surface area contributed by atoms with Crippen LogP contribution in [0.5, 0.6) is 0 Å². The summed E-state index contributed by atoms with van der Waals surface area (Å²) in [6.45, 7) is 7.32. The highest BCUT2D eigenvalue weighted by atomic mass is 32.2. The monoisotopic (exact) mass is 482 g/mol. The molecule has 1 fully saturated rings. The molecule has 1 atom stereocenters. The van der Waals surface area contributed by atoms with E-state index in [-0.39, 0.29) is 6.04 Å². The first-order valence-corrected chi connectivity index (χ1v) is 13.8. The van der Waals surface area contributed by atoms with Crippen LogP contribution in [0, 0.1) is 0 Å². The number of hydrogen-bond acceptors (Lipinski definition) is 5. The maximum absolute atomic E-state index is 13.1. The normalized spacial score (nSPS) is 18.2. The first-order valence-electron chi connectivity index (χ1n) is 12.4. The highest BCUT2D eigenvalue weighted by Crippen LogP contribution is 2.26. The number of ether oxygens (including phenoxy) is 1. The molecule has 0 bridgehead atoms. The average molecular weight is 483 g/mol. The Kier molecular flexibility index (Phi) is 6.75. The van der Waals surface area contributed by atoms with E-state index in [0.717, 1.165) is 23.4 Å². The zero-order valence-corrected chi connectivity index (χ0v) is 20.9. The van der Waals surface area contributed by atoms with Crippen LogP contribution in [0.25, 0.3) is 11.0 Å². The molecule has 2 aromatic carbocycles. The lowest BCUT2D eigenvalue weighted by molar-refractivity contribution is 0.0730. The van der Waals surface area contributed by atoms with E-state index in [0.29, 0.717) is 37.7 Å². The fraction of sp³-hybridized carbons (Fsp3) is 0.500. The fourth-order valence-electron chi connectivity index (χ4n) is 5.13. The second-order valence-electron chi connectivity index (χ2n) is 9.28. The summed E-state index contributed by atoms with van der Waals surface area (Å²) in [7, 11) is -3.54. The van der Waals surface area contributed by atoms with Crippen molar-refractivity contribution in [1.29, 1.82) is 0 Å². The van der Waals surface area contributed by atoms with E-state index in [1.54, 1.807) is 12.1 Å². The van der Waals surface area contributed by atoms with Gasteiger partial charge in [-0.3, -0.25) is 0 Å². The summed E-state index contributed by atoms with van der Waals surface area (Å²) in [5.74, 6) is 0.920. The van der Waals surface area contributed by atoms with Crippen molar-refractivity contribution in [2.75, 3.05) is 26.3 Å². The van der Waals surface area contributed by atoms with Crippen LogP contribution >= 0.6 is 0 Å². The molecule has 1 aromatic heterocycles. The maximum atomic E-state index is 13.1. The number of sulfonamides is 1. The van der Waals surface area contributed by atoms with Crippen LogP contribution in [0.3, 0.4) is 0 Å². The number of morpholine rings is 1. The lowest BCUT2D eigenvalue weighted by Gasteiger charge is -2.26. The highest BCUT2D eigenvalue weighted by Gasteiger charge is 2.27. The van der Waals surface area contributed by atoms with Gasteiger partial charge in [0.25, 0.3) is 0 Å². The van der Waals surface area contributed by atoms with Crippen LogP contribution in [0.15, 0.2) is 41.3 Å². The van der Waals surface area contributed by atoms with E-state index in [1.807, 2.05) is 6.07 Å². The summed E-state index contributed by atoms with van der Waals surface area (Å²) >= 11 is 0. The molecular formula is C26H34N4O3S. The molecule has 0 saturated carbocycles. The van der Waals surface area contributed by atoms with Gasteiger partial charge >= 0.3 is 0 Å². The van der Waals surface area contributed by atoms with Gasteiger partial charge in [-0.15, -0.1) is 0 Å². The molecule has 2 heterocycles. The molecule has 0 amide bonds. The van der Waals surface area contributed by atoms with Gasteiger partial charge in [-0.2, -0.15) is 4.31 Å². The Bertz CT molecular complexity index is 1280. The van der Waals surface area contributed by atoms with Gasteiger partial charge < -0.3 is 14.6 Å². The fourth-order valence-corrected chi connectivity index (χ4v) is 6.56. The Hall–Kier alpha value is -2.26. The third-order valence-corrected chi connectivity index (χ3v) is 9.06. The SMILES string of the molecule is CCn1c(CN[C@@H](C)c2ccc3c(c2)CCCC3)nc2cc(S(=O)(=O)N3CCOCC3)ccc21. The largest absolute Gasteiger partial charge is 0.379 e. The molecule has 0 radical (unpaired) electrons. The lowest BCUT2D eigenvalue weighted by atomic mass is 9.89. The molecule has 1 aliphatic heterocycles. The summed E-state index contributed by atoms with van der Waals surface area (Å²) in [5.41, 5.74) is 5.97. The number of imidazole rings is 1. The summed E-state index contributed by atoms with van der Waals surface area (Å²) < 4.78 is 35.1.